The molecule has 0 bridgehead atoms. The maximum Gasteiger partial charge on any atom is 0.0894 e. The van der Waals surface area contributed by atoms with Crippen LogP contribution < -0.4 is 16.2 Å². The third-order valence-corrected chi connectivity index (χ3v) is 3.73. The molecule has 0 amide bonds. The van der Waals surface area contributed by atoms with Crippen LogP contribution in [0, 0.1) is 0 Å². The molecule has 3 N–H and O–H groups in total. The smallest absolute Gasteiger partial charge is 0.0894 e. The number of halogens is 1. The molecule has 0 aliphatic heterocycles. The van der Waals surface area contributed by atoms with Crippen LogP contribution in [-0.2, 0) is 0 Å². The van der Waals surface area contributed by atoms with E-state index in [1.807, 2.05) is 30.9 Å². The second-order valence-electron chi connectivity index (χ2n) is 5.51. The quantitative estimate of drug-likeness (QED) is 0.659. The Morgan fingerprint density at radius 2 is 2.05 bits per heavy atom. The lowest BCUT2D eigenvalue weighted by Gasteiger charge is -2.22. The number of nitrogens with two attached hydrogens (primary N) is 1. The highest BCUT2D eigenvalue weighted by Crippen LogP contribution is 2.31. The zero-order chi connectivity index (χ0) is 15.6. The second-order valence-corrected chi connectivity index (χ2v) is 5.91. The lowest BCUT2D eigenvalue weighted by atomic mass is 10.0. The number of benzene rings is 1. The number of rotatable bonds is 5. The molecule has 1 aromatic carbocycles. The van der Waals surface area contributed by atoms with Gasteiger partial charge in [0.25, 0.3) is 0 Å². The highest BCUT2D eigenvalue weighted by Gasteiger charge is 2.22. The minimum Gasteiger partial charge on any atom is -0.378 e. The van der Waals surface area contributed by atoms with Crippen LogP contribution in [0.3, 0.4) is 0 Å². The van der Waals surface area contributed by atoms with Crippen molar-refractivity contribution in [2.24, 2.45) is 5.84 Å². The predicted octanol–water partition coefficient (Wildman–Crippen LogP) is 2.74. The monoisotopic (exact) mass is 307 g/mol. The number of nitrogens with zero attached hydrogens (tertiary/aromatic N) is 3. The first-order valence-electron chi connectivity index (χ1n) is 6.92. The molecule has 0 fully saturated rings. The number of hydrogen-bond donors (Lipinski definition) is 2. The average molecular weight is 308 g/mol. The second kappa shape index (κ2) is 6.47. The first kappa shape index (κ1) is 15.8. The lowest BCUT2D eigenvalue weighted by molar-refractivity contribution is 0.476. The minimum absolute atomic E-state index is 0.206. The molecule has 0 aliphatic rings. The van der Waals surface area contributed by atoms with Gasteiger partial charge >= 0.3 is 0 Å². The summed E-state index contributed by atoms with van der Waals surface area (Å²) in [7, 11) is 4.02. The molecule has 6 heteroatoms. The van der Waals surface area contributed by atoms with Crippen molar-refractivity contribution in [1.29, 1.82) is 0 Å². The summed E-state index contributed by atoms with van der Waals surface area (Å²) in [6.07, 6.45) is 1.66. The molecule has 1 atom stereocenters. The summed E-state index contributed by atoms with van der Waals surface area (Å²) in [5.74, 6) is 5.80. The summed E-state index contributed by atoms with van der Waals surface area (Å²) in [5.41, 5.74) is 5.90. The highest BCUT2D eigenvalue weighted by atomic mass is 35.5. The van der Waals surface area contributed by atoms with E-state index in [-0.39, 0.29) is 12.1 Å². The summed E-state index contributed by atoms with van der Waals surface area (Å²) >= 11 is 6.33. The lowest BCUT2D eigenvalue weighted by Crippen LogP contribution is -2.31. The zero-order valence-corrected chi connectivity index (χ0v) is 13.6. The first-order chi connectivity index (χ1) is 9.95. The molecule has 1 heterocycles. The Morgan fingerprint density at radius 3 is 2.62 bits per heavy atom. The van der Waals surface area contributed by atoms with E-state index in [0.29, 0.717) is 5.02 Å². The summed E-state index contributed by atoms with van der Waals surface area (Å²) in [5, 5.41) is 4.96. The van der Waals surface area contributed by atoms with Crippen LogP contribution >= 0.6 is 11.6 Å². The summed E-state index contributed by atoms with van der Waals surface area (Å²) in [6.45, 7) is 4.13. The van der Waals surface area contributed by atoms with Crippen LogP contribution in [0.2, 0.25) is 5.02 Å². The maximum absolute atomic E-state index is 6.33. The van der Waals surface area contributed by atoms with Gasteiger partial charge < -0.3 is 4.90 Å². The van der Waals surface area contributed by atoms with Crippen molar-refractivity contribution < 1.29 is 0 Å². The van der Waals surface area contributed by atoms with Gasteiger partial charge in [0.15, 0.2) is 0 Å². The summed E-state index contributed by atoms with van der Waals surface area (Å²) in [4.78, 5) is 2.05. The van der Waals surface area contributed by atoms with Crippen LogP contribution in [0.15, 0.2) is 30.5 Å². The van der Waals surface area contributed by atoms with Crippen molar-refractivity contribution in [2.45, 2.75) is 25.9 Å². The van der Waals surface area contributed by atoms with E-state index < -0.39 is 0 Å². The normalized spacial score (nSPS) is 12.7. The third kappa shape index (κ3) is 3.20. The molecule has 2 aromatic rings. The van der Waals surface area contributed by atoms with Gasteiger partial charge in [0.05, 0.1) is 23.0 Å². The molecular formula is C15H22ClN5. The van der Waals surface area contributed by atoms with Crippen LogP contribution in [0.4, 0.5) is 5.69 Å². The Labute approximate surface area is 130 Å². The third-order valence-electron chi connectivity index (χ3n) is 3.44. The molecule has 21 heavy (non-hydrogen) atoms. The Kier molecular flexibility index (Phi) is 4.88. The topological polar surface area (TPSA) is 59.1 Å². The van der Waals surface area contributed by atoms with Gasteiger partial charge in [-0.25, -0.2) is 5.43 Å². The van der Waals surface area contributed by atoms with Gasteiger partial charge in [-0.3, -0.25) is 10.5 Å². The SMILES string of the molecule is CC(C)n1ncc(Cl)c1C(NN)c1cccc(N(C)C)c1. The molecule has 0 aliphatic carbocycles. The Hall–Kier alpha value is -1.56. The zero-order valence-electron chi connectivity index (χ0n) is 12.8. The molecule has 0 saturated heterocycles. The molecule has 0 radical (unpaired) electrons. The number of hydrazine groups is 1. The van der Waals surface area contributed by atoms with Crippen molar-refractivity contribution in [3.63, 3.8) is 0 Å². The molecular weight excluding hydrogens is 286 g/mol. The maximum atomic E-state index is 6.33. The van der Waals surface area contributed by atoms with Gasteiger partial charge in [-0.1, -0.05) is 23.7 Å². The molecule has 0 saturated carbocycles. The number of aromatic nitrogens is 2. The van der Waals surface area contributed by atoms with Gasteiger partial charge in [-0.2, -0.15) is 5.10 Å². The number of hydrogen-bond acceptors (Lipinski definition) is 4. The van der Waals surface area contributed by atoms with Crippen LogP contribution in [0.1, 0.15) is 37.2 Å². The van der Waals surface area contributed by atoms with Gasteiger partial charge in [0.2, 0.25) is 0 Å². The molecule has 0 spiro atoms. The van der Waals surface area contributed by atoms with Crippen LogP contribution in [0.25, 0.3) is 0 Å². The van der Waals surface area contributed by atoms with Gasteiger partial charge in [0.1, 0.15) is 0 Å². The van der Waals surface area contributed by atoms with Gasteiger partial charge in [0, 0.05) is 25.8 Å². The molecule has 1 unspecified atom stereocenters. The molecule has 1 aromatic heterocycles. The fourth-order valence-corrected chi connectivity index (χ4v) is 2.59. The standard InChI is InChI=1S/C15H22ClN5/c1-10(2)21-15(13(16)9-18-21)14(19-17)11-6-5-7-12(8-11)20(3)4/h5-10,14,19H,17H2,1-4H3. The Morgan fingerprint density at radius 1 is 1.33 bits per heavy atom. The van der Waals surface area contributed by atoms with Crippen molar-refractivity contribution >= 4 is 17.3 Å². The molecule has 114 valence electrons. The fraction of sp³-hybridized carbons (Fsp3) is 0.400. The first-order valence-corrected chi connectivity index (χ1v) is 7.29. The summed E-state index contributed by atoms with van der Waals surface area (Å²) in [6, 6.07) is 8.20. The van der Waals surface area contributed by atoms with E-state index in [0.717, 1.165) is 16.9 Å². The number of nitrogens with one attached hydrogen (secondary N) is 1. The van der Waals surface area contributed by atoms with Gasteiger partial charge in [-0.05, 0) is 31.5 Å². The van der Waals surface area contributed by atoms with Crippen molar-refractivity contribution in [3.8, 4) is 0 Å². The predicted molar refractivity (Wildman–Crippen MR) is 87.6 cm³/mol. The van der Waals surface area contributed by atoms with Crippen molar-refractivity contribution in [1.82, 2.24) is 15.2 Å². The van der Waals surface area contributed by atoms with Crippen LogP contribution in [-0.4, -0.2) is 23.9 Å². The van der Waals surface area contributed by atoms with E-state index in [2.05, 4.69) is 41.4 Å². The molecule has 2 rings (SSSR count). The average Bonchev–Trinajstić information content (AvgIpc) is 2.82. The largest absolute Gasteiger partial charge is 0.378 e. The van der Waals surface area contributed by atoms with Gasteiger partial charge in [-0.15, -0.1) is 0 Å². The Balaban J connectivity index is 2.50. The van der Waals surface area contributed by atoms with Crippen molar-refractivity contribution in [3.05, 3.63) is 46.7 Å². The Bertz CT molecular complexity index is 606. The van der Waals surface area contributed by atoms with E-state index >= 15 is 0 Å². The van der Waals surface area contributed by atoms with Crippen molar-refractivity contribution in [2.75, 3.05) is 19.0 Å². The highest BCUT2D eigenvalue weighted by molar-refractivity contribution is 6.31. The van der Waals surface area contributed by atoms with Crippen LogP contribution in [0.5, 0.6) is 0 Å². The van der Waals surface area contributed by atoms with E-state index in [1.54, 1.807) is 6.20 Å². The number of anilines is 1. The van der Waals surface area contributed by atoms with E-state index in [4.69, 9.17) is 17.4 Å². The molecule has 5 nitrogen and oxygen atoms in total. The summed E-state index contributed by atoms with van der Waals surface area (Å²) < 4.78 is 1.90. The van der Waals surface area contributed by atoms with E-state index in [9.17, 15) is 0 Å². The fourth-order valence-electron chi connectivity index (χ4n) is 2.35. The van der Waals surface area contributed by atoms with E-state index in [1.165, 1.54) is 0 Å². The minimum atomic E-state index is -0.206.